The van der Waals surface area contributed by atoms with Crippen LogP contribution >= 0.6 is 11.6 Å². The summed E-state index contributed by atoms with van der Waals surface area (Å²) in [7, 11) is 0. The third-order valence-corrected chi connectivity index (χ3v) is 7.55. The molecular formula is C27H28ClFN4O3. The zero-order chi connectivity index (χ0) is 25.4. The average molecular weight is 511 g/mol. The Morgan fingerprint density at radius 3 is 2.61 bits per heavy atom. The lowest BCUT2D eigenvalue weighted by molar-refractivity contribution is -0.172. The molecule has 0 bridgehead atoms. The molecule has 7 nitrogen and oxygen atoms in total. The lowest BCUT2D eigenvalue weighted by Crippen LogP contribution is -2.59. The van der Waals surface area contributed by atoms with E-state index >= 15 is 4.39 Å². The number of carbonyl (C=O) groups excluding carboxylic acids is 2. The second kappa shape index (κ2) is 9.76. The second-order valence-corrected chi connectivity index (χ2v) is 9.95. The third kappa shape index (κ3) is 4.68. The van der Waals surface area contributed by atoms with Crippen LogP contribution in [0.2, 0.25) is 5.02 Å². The van der Waals surface area contributed by atoms with Gasteiger partial charge in [0.1, 0.15) is 18.5 Å². The topological polar surface area (TPSA) is 88.8 Å². The number of likely N-dealkylation sites (tertiary alicyclic amines) is 1. The van der Waals surface area contributed by atoms with Gasteiger partial charge in [-0.25, -0.2) is 4.39 Å². The van der Waals surface area contributed by atoms with E-state index in [-0.39, 0.29) is 18.1 Å². The molecule has 3 heterocycles. The van der Waals surface area contributed by atoms with E-state index in [1.807, 2.05) is 36.1 Å². The zero-order valence-corrected chi connectivity index (χ0v) is 20.8. The van der Waals surface area contributed by atoms with Crippen LogP contribution in [0.5, 0.6) is 0 Å². The molecule has 188 valence electrons. The number of carbonyl (C=O) groups is 2. The van der Waals surface area contributed by atoms with Gasteiger partial charge < -0.3 is 15.4 Å². The number of rotatable bonds is 5. The Morgan fingerprint density at radius 2 is 1.92 bits per heavy atom. The molecule has 0 radical (unpaired) electrons. The van der Waals surface area contributed by atoms with Crippen LogP contribution in [-0.4, -0.2) is 65.0 Å². The number of pyridine rings is 1. The fourth-order valence-electron chi connectivity index (χ4n) is 5.30. The Bertz CT molecular complexity index is 1330. The van der Waals surface area contributed by atoms with Gasteiger partial charge in [-0.05, 0) is 49.1 Å². The third-order valence-electron chi connectivity index (χ3n) is 7.34. The molecular weight excluding hydrogens is 483 g/mol. The van der Waals surface area contributed by atoms with E-state index in [1.54, 1.807) is 23.2 Å². The quantitative estimate of drug-likeness (QED) is 0.561. The zero-order valence-electron chi connectivity index (χ0n) is 20.0. The first kappa shape index (κ1) is 24.6. The van der Waals surface area contributed by atoms with Gasteiger partial charge in [0.2, 0.25) is 11.8 Å². The predicted molar refractivity (Wildman–Crippen MR) is 136 cm³/mol. The van der Waals surface area contributed by atoms with Crippen molar-refractivity contribution in [3.05, 3.63) is 65.1 Å². The first-order valence-electron chi connectivity index (χ1n) is 12.1. The molecule has 0 aliphatic carbocycles. The molecule has 2 aromatic carbocycles. The van der Waals surface area contributed by atoms with Crippen LogP contribution in [0.3, 0.4) is 0 Å². The van der Waals surface area contributed by atoms with Gasteiger partial charge in [0.15, 0.2) is 0 Å². The van der Waals surface area contributed by atoms with Crippen molar-refractivity contribution in [1.82, 2.24) is 14.8 Å². The largest absolute Gasteiger partial charge is 0.368 e. The highest BCUT2D eigenvalue weighted by Crippen LogP contribution is 2.35. The molecule has 9 heteroatoms. The van der Waals surface area contributed by atoms with Crippen molar-refractivity contribution in [3.8, 4) is 11.1 Å². The molecule has 2 fully saturated rings. The summed E-state index contributed by atoms with van der Waals surface area (Å²) < 4.78 is 21.4. The van der Waals surface area contributed by atoms with E-state index in [0.29, 0.717) is 49.6 Å². The summed E-state index contributed by atoms with van der Waals surface area (Å²) in [5.41, 5.74) is 7.84. The number of nitrogens with two attached hydrogens (primary N) is 1. The summed E-state index contributed by atoms with van der Waals surface area (Å²) in [6.45, 7) is 4.22. The lowest BCUT2D eigenvalue weighted by atomic mass is 9.87. The standard InChI is InChI=1S/C27H28ClFN4O3/c1-2-32-16-27(36-15-24(32)34)7-9-33(10-8-27)25(26(30)35)21-6-5-17(12-22(21)29)18-3-4-19-11-20(28)14-31-23(19)13-18/h3-6,11-14,25H,2,7-10,15-16H2,1H3,(H2,30,35). The molecule has 1 aromatic heterocycles. The summed E-state index contributed by atoms with van der Waals surface area (Å²) in [6, 6.07) is 11.5. The van der Waals surface area contributed by atoms with Crippen LogP contribution in [-0.2, 0) is 14.3 Å². The number of fused-ring (bicyclic) bond motifs is 1. The Kier molecular flexibility index (Phi) is 6.68. The van der Waals surface area contributed by atoms with Gasteiger partial charge in [-0.2, -0.15) is 0 Å². The van der Waals surface area contributed by atoms with Crippen molar-refractivity contribution in [2.45, 2.75) is 31.4 Å². The van der Waals surface area contributed by atoms with E-state index in [2.05, 4.69) is 4.98 Å². The minimum Gasteiger partial charge on any atom is -0.368 e. The van der Waals surface area contributed by atoms with E-state index in [9.17, 15) is 9.59 Å². The van der Waals surface area contributed by atoms with Gasteiger partial charge in [0.25, 0.3) is 0 Å². The molecule has 2 aliphatic heterocycles. The molecule has 2 amide bonds. The number of morpholine rings is 1. The molecule has 1 spiro atoms. The summed E-state index contributed by atoms with van der Waals surface area (Å²) in [4.78, 5) is 32.6. The number of ether oxygens (including phenoxy) is 1. The number of halogens is 2. The van der Waals surface area contributed by atoms with Crippen molar-refractivity contribution in [2.75, 3.05) is 32.8 Å². The molecule has 1 atom stereocenters. The molecule has 2 N–H and O–H groups in total. The van der Waals surface area contributed by atoms with Gasteiger partial charge in [0, 0.05) is 43.3 Å². The van der Waals surface area contributed by atoms with Gasteiger partial charge in [-0.1, -0.05) is 35.9 Å². The SMILES string of the molecule is CCN1CC2(CCN(C(C(N)=O)c3ccc(-c4ccc5cc(Cl)cnc5c4)cc3F)CC2)OCC1=O. The maximum atomic E-state index is 15.4. The summed E-state index contributed by atoms with van der Waals surface area (Å²) in [5, 5.41) is 1.45. The molecule has 5 rings (SSSR count). The minimum atomic E-state index is -0.885. The fourth-order valence-corrected chi connectivity index (χ4v) is 5.47. The Balaban J connectivity index is 1.36. The normalized spacial score (nSPS) is 19.1. The molecule has 1 unspecified atom stereocenters. The van der Waals surface area contributed by atoms with E-state index < -0.39 is 23.4 Å². The number of benzene rings is 2. The number of nitrogens with zero attached hydrogens (tertiary/aromatic N) is 3. The highest BCUT2D eigenvalue weighted by atomic mass is 35.5. The van der Waals surface area contributed by atoms with Crippen molar-refractivity contribution in [1.29, 1.82) is 0 Å². The van der Waals surface area contributed by atoms with Crippen molar-refractivity contribution >= 4 is 34.3 Å². The van der Waals surface area contributed by atoms with Crippen molar-refractivity contribution in [2.24, 2.45) is 5.73 Å². The summed E-state index contributed by atoms with van der Waals surface area (Å²) >= 11 is 6.02. The second-order valence-electron chi connectivity index (χ2n) is 9.52. The number of likely N-dealkylation sites (N-methyl/N-ethyl adjacent to an activating group) is 1. The number of amides is 2. The van der Waals surface area contributed by atoms with E-state index in [0.717, 1.165) is 16.5 Å². The molecule has 3 aromatic rings. The van der Waals surface area contributed by atoms with Gasteiger partial charge >= 0.3 is 0 Å². The van der Waals surface area contributed by atoms with Crippen LogP contribution in [0.25, 0.3) is 22.0 Å². The van der Waals surface area contributed by atoms with E-state index in [4.69, 9.17) is 22.1 Å². The Morgan fingerprint density at radius 1 is 1.19 bits per heavy atom. The predicted octanol–water partition coefficient (Wildman–Crippen LogP) is 3.93. The highest BCUT2D eigenvalue weighted by Gasteiger charge is 2.44. The number of primary amides is 1. The van der Waals surface area contributed by atoms with Crippen molar-refractivity contribution < 1.29 is 18.7 Å². The maximum absolute atomic E-state index is 15.4. The van der Waals surface area contributed by atoms with Crippen molar-refractivity contribution in [3.63, 3.8) is 0 Å². The fraction of sp³-hybridized carbons (Fsp3) is 0.370. The van der Waals surface area contributed by atoms with E-state index in [1.165, 1.54) is 6.07 Å². The van der Waals surface area contributed by atoms with Crippen LogP contribution in [0.15, 0.2) is 48.7 Å². The highest BCUT2D eigenvalue weighted by molar-refractivity contribution is 6.31. The molecule has 36 heavy (non-hydrogen) atoms. The number of hydrogen-bond acceptors (Lipinski definition) is 5. The number of hydrogen-bond donors (Lipinski definition) is 1. The minimum absolute atomic E-state index is 0.00581. The van der Waals surface area contributed by atoms with Gasteiger partial charge in [0.05, 0.1) is 16.1 Å². The lowest BCUT2D eigenvalue weighted by Gasteiger charge is -2.48. The van der Waals surface area contributed by atoms with Crippen LogP contribution < -0.4 is 5.73 Å². The number of piperidine rings is 1. The molecule has 2 saturated heterocycles. The Labute approximate surface area is 214 Å². The summed E-state index contributed by atoms with van der Waals surface area (Å²) in [6.07, 6.45) is 2.84. The van der Waals surface area contributed by atoms with Gasteiger partial charge in [-0.3, -0.25) is 19.5 Å². The monoisotopic (exact) mass is 510 g/mol. The van der Waals surface area contributed by atoms with Crippen LogP contribution in [0.4, 0.5) is 4.39 Å². The smallest absolute Gasteiger partial charge is 0.248 e. The number of aromatic nitrogens is 1. The average Bonchev–Trinajstić information content (AvgIpc) is 2.87. The molecule has 0 saturated carbocycles. The first-order valence-corrected chi connectivity index (χ1v) is 12.5. The van der Waals surface area contributed by atoms with Crippen LogP contribution in [0.1, 0.15) is 31.4 Å². The maximum Gasteiger partial charge on any atom is 0.248 e. The summed E-state index contributed by atoms with van der Waals surface area (Å²) in [5.74, 6) is -1.09. The van der Waals surface area contributed by atoms with Gasteiger partial charge in [-0.15, -0.1) is 0 Å². The molecule has 2 aliphatic rings. The van der Waals surface area contributed by atoms with Crippen LogP contribution in [0, 0.1) is 5.82 Å². The first-order chi connectivity index (χ1) is 17.3. The Hall–Kier alpha value is -3.07.